The molecular weight excluding hydrogens is 356 g/mol. The van der Waals surface area contributed by atoms with Crippen molar-refractivity contribution in [3.8, 4) is 5.75 Å². The number of nitrogens with zero attached hydrogens (tertiary/aromatic N) is 1. The molecule has 2 aromatic rings. The highest BCUT2D eigenvalue weighted by Gasteiger charge is 2.32. The van der Waals surface area contributed by atoms with Crippen molar-refractivity contribution >= 4 is 22.8 Å². The van der Waals surface area contributed by atoms with Crippen molar-refractivity contribution in [3.63, 3.8) is 0 Å². The van der Waals surface area contributed by atoms with E-state index in [-0.39, 0.29) is 17.9 Å². The monoisotopic (exact) mass is 384 g/mol. The highest BCUT2D eigenvalue weighted by molar-refractivity contribution is 6.09. The number of aliphatic carboxylic acids is 1. The van der Waals surface area contributed by atoms with Gasteiger partial charge in [0.1, 0.15) is 5.75 Å². The van der Waals surface area contributed by atoms with E-state index in [2.05, 4.69) is 9.88 Å². The lowest BCUT2D eigenvalue weighted by Crippen LogP contribution is -2.33. The Morgan fingerprint density at radius 3 is 2.57 bits per heavy atom. The third kappa shape index (κ3) is 3.25. The van der Waals surface area contributed by atoms with Crippen LogP contribution in [0.25, 0.3) is 10.9 Å². The minimum Gasteiger partial charge on any atom is -0.497 e. The molecule has 2 aliphatic carbocycles. The van der Waals surface area contributed by atoms with Gasteiger partial charge in [-0.25, -0.2) is 0 Å². The lowest BCUT2D eigenvalue weighted by atomic mass is 10.1. The van der Waals surface area contributed by atoms with Gasteiger partial charge in [-0.15, -0.1) is 0 Å². The van der Waals surface area contributed by atoms with Gasteiger partial charge in [0.05, 0.1) is 18.6 Å². The van der Waals surface area contributed by atoms with Crippen molar-refractivity contribution in [2.24, 2.45) is 5.92 Å². The van der Waals surface area contributed by atoms with Gasteiger partial charge in [-0.05, 0) is 57.2 Å². The van der Waals surface area contributed by atoms with Crippen LogP contribution in [0.1, 0.15) is 67.0 Å². The fourth-order valence-corrected chi connectivity index (χ4v) is 5.06. The van der Waals surface area contributed by atoms with Crippen molar-refractivity contribution in [3.05, 3.63) is 29.5 Å². The first-order chi connectivity index (χ1) is 13.5. The predicted octanol–water partition coefficient (Wildman–Crippen LogP) is 4.06. The minimum absolute atomic E-state index is 0.0801. The summed E-state index contributed by atoms with van der Waals surface area (Å²) in [6, 6.07) is 6.29. The average molecular weight is 384 g/mol. The maximum atomic E-state index is 13.2. The fraction of sp³-hybridized carbons (Fsp3) is 0.545. The van der Waals surface area contributed by atoms with E-state index in [1.165, 1.54) is 12.8 Å². The van der Waals surface area contributed by atoms with Gasteiger partial charge in [-0.1, -0.05) is 12.8 Å². The zero-order valence-corrected chi connectivity index (χ0v) is 16.5. The zero-order valence-electron chi connectivity index (χ0n) is 16.5. The Hall–Kier alpha value is -2.50. The van der Waals surface area contributed by atoms with Crippen LogP contribution in [0.3, 0.4) is 0 Å². The molecule has 6 nitrogen and oxygen atoms in total. The van der Waals surface area contributed by atoms with E-state index in [1.807, 2.05) is 25.1 Å². The smallest absolute Gasteiger partial charge is 0.306 e. The molecule has 1 aromatic carbocycles. The molecule has 2 N–H and O–H groups in total. The second-order valence-electron chi connectivity index (χ2n) is 8.17. The largest absolute Gasteiger partial charge is 0.497 e. The Morgan fingerprint density at radius 2 is 1.93 bits per heavy atom. The Bertz CT molecular complexity index is 911. The molecule has 0 unspecified atom stereocenters. The first-order valence-corrected chi connectivity index (χ1v) is 10.2. The summed E-state index contributed by atoms with van der Waals surface area (Å²) in [4.78, 5) is 24.4. The van der Waals surface area contributed by atoms with Gasteiger partial charge in [-0.3, -0.25) is 9.59 Å². The molecule has 2 saturated carbocycles. The molecule has 2 atom stereocenters. The van der Waals surface area contributed by atoms with E-state index < -0.39 is 5.97 Å². The van der Waals surface area contributed by atoms with Crippen LogP contribution in [0.15, 0.2) is 18.2 Å². The molecule has 2 aliphatic rings. The maximum Gasteiger partial charge on any atom is 0.306 e. The number of carboxylic acids is 1. The lowest BCUT2D eigenvalue weighted by molar-refractivity contribution is -0.141. The van der Waals surface area contributed by atoms with Crippen molar-refractivity contribution in [1.82, 2.24) is 9.88 Å². The third-order valence-corrected chi connectivity index (χ3v) is 6.49. The Kier molecular flexibility index (Phi) is 5.04. The van der Waals surface area contributed by atoms with Gasteiger partial charge in [-0.2, -0.15) is 0 Å². The first kappa shape index (κ1) is 18.8. The summed E-state index contributed by atoms with van der Waals surface area (Å²) in [5.41, 5.74) is 2.75. The predicted molar refractivity (Wildman–Crippen MR) is 107 cm³/mol. The molecule has 0 radical (unpaired) electrons. The van der Waals surface area contributed by atoms with E-state index in [0.717, 1.165) is 35.2 Å². The number of hydrogen-bond acceptors (Lipinski definition) is 3. The molecule has 1 aromatic heterocycles. The van der Waals surface area contributed by atoms with Crippen LogP contribution in [0, 0.1) is 12.8 Å². The van der Waals surface area contributed by atoms with Gasteiger partial charge in [0, 0.05) is 28.7 Å². The Balaban J connectivity index is 1.70. The molecule has 0 spiro atoms. The maximum absolute atomic E-state index is 13.2. The number of benzene rings is 1. The SMILES string of the molecule is COc1ccc2c(c1)c(C(=O)N[C@@H]1CC[C@H](C(=O)O)C1)c(C)n2C1CCCC1. The average Bonchev–Trinajstić information content (AvgIpc) is 3.39. The highest BCUT2D eigenvalue weighted by atomic mass is 16.5. The number of carbonyl (C=O) groups excluding carboxylic acids is 1. The van der Waals surface area contributed by atoms with Crippen LogP contribution >= 0.6 is 0 Å². The van der Waals surface area contributed by atoms with Gasteiger partial charge >= 0.3 is 5.97 Å². The summed E-state index contributed by atoms with van der Waals surface area (Å²) < 4.78 is 7.72. The van der Waals surface area contributed by atoms with Gasteiger partial charge in [0.15, 0.2) is 0 Å². The summed E-state index contributed by atoms with van der Waals surface area (Å²) in [5, 5.41) is 13.2. The van der Waals surface area contributed by atoms with Crippen LogP contribution in [-0.4, -0.2) is 34.7 Å². The van der Waals surface area contributed by atoms with Crippen LogP contribution in [-0.2, 0) is 4.79 Å². The van der Waals surface area contributed by atoms with E-state index >= 15 is 0 Å². The lowest BCUT2D eigenvalue weighted by Gasteiger charge is -2.17. The molecule has 0 saturated heterocycles. The molecule has 2 fully saturated rings. The molecule has 0 aliphatic heterocycles. The van der Waals surface area contributed by atoms with Crippen molar-refractivity contribution in [2.75, 3.05) is 7.11 Å². The number of methoxy groups -OCH3 is 1. The molecule has 6 heteroatoms. The Morgan fingerprint density at radius 1 is 1.18 bits per heavy atom. The molecule has 1 amide bonds. The van der Waals surface area contributed by atoms with Crippen LogP contribution < -0.4 is 10.1 Å². The fourth-order valence-electron chi connectivity index (χ4n) is 5.06. The number of carboxylic acid groups (broad SMARTS) is 1. The third-order valence-electron chi connectivity index (χ3n) is 6.49. The molecular formula is C22H28N2O4. The van der Waals surface area contributed by atoms with E-state index in [9.17, 15) is 14.7 Å². The highest BCUT2D eigenvalue weighted by Crippen LogP contribution is 2.38. The normalized spacial score (nSPS) is 22.6. The number of amides is 1. The van der Waals surface area contributed by atoms with Gasteiger partial charge < -0.3 is 19.7 Å². The first-order valence-electron chi connectivity index (χ1n) is 10.2. The molecule has 4 rings (SSSR count). The van der Waals surface area contributed by atoms with Gasteiger partial charge in [0.2, 0.25) is 0 Å². The van der Waals surface area contributed by atoms with Crippen LogP contribution in [0.2, 0.25) is 0 Å². The van der Waals surface area contributed by atoms with Crippen molar-refractivity contribution in [1.29, 1.82) is 0 Å². The molecule has 0 bridgehead atoms. The molecule has 28 heavy (non-hydrogen) atoms. The van der Waals surface area contributed by atoms with E-state index in [0.29, 0.717) is 30.9 Å². The van der Waals surface area contributed by atoms with E-state index in [1.54, 1.807) is 7.11 Å². The van der Waals surface area contributed by atoms with Gasteiger partial charge in [0.25, 0.3) is 5.91 Å². The quantitative estimate of drug-likeness (QED) is 0.815. The summed E-state index contributed by atoms with van der Waals surface area (Å²) in [6.07, 6.45) is 6.56. The van der Waals surface area contributed by atoms with Crippen LogP contribution in [0.4, 0.5) is 0 Å². The molecule has 150 valence electrons. The topological polar surface area (TPSA) is 80.6 Å². The summed E-state index contributed by atoms with van der Waals surface area (Å²) in [5.74, 6) is -0.498. The number of hydrogen-bond donors (Lipinski definition) is 2. The number of rotatable bonds is 5. The minimum atomic E-state index is -0.768. The molecule has 1 heterocycles. The number of fused-ring (bicyclic) bond motifs is 1. The van der Waals surface area contributed by atoms with Crippen molar-refractivity contribution in [2.45, 2.75) is 64.0 Å². The van der Waals surface area contributed by atoms with Crippen molar-refractivity contribution < 1.29 is 19.4 Å². The second kappa shape index (κ2) is 7.49. The van der Waals surface area contributed by atoms with E-state index in [4.69, 9.17) is 4.74 Å². The summed E-state index contributed by atoms with van der Waals surface area (Å²) >= 11 is 0. The number of carbonyl (C=O) groups is 2. The standard InChI is InChI=1S/C22H28N2O4/c1-13-20(21(25)23-15-8-7-14(11-15)22(26)27)18-12-17(28-2)9-10-19(18)24(13)16-5-3-4-6-16/h9-10,12,14-16H,3-8,11H2,1-2H3,(H,23,25)(H,26,27)/t14-,15+/m0/s1. The number of nitrogens with one attached hydrogen (secondary N) is 1. The Labute approximate surface area is 164 Å². The summed E-state index contributed by atoms with van der Waals surface area (Å²) in [7, 11) is 1.63. The second-order valence-corrected chi connectivity index (χ2v) is 8.17. The zero-order chi connectivity index (χ0) is 19.8. The van der Waals surface area contributed by atoms with Crippen LogP contribution in [0.5, 0.6) is 5.75 Å². The number of aromatic nitrogens is 1. The number of ether oxygens (including phenoxy) is 1. The summed E-state index contributed by atoms with van der Waals surface area (Å²) in [6.45, 7) is 2.02.